The summed E-state index contributed by atoms with van der Waals surface area (Å²) in [4.78, 5) is 2.18. The summed E-state index contributed by atoms with van der Waals surface area (Å²) in [5.41, 5.74) is 0. The highest BCUT2D eigenvalue weighted by Gasteiger charge is 2.14. The average Bonchev–Trinajstić information content (AvgIpc) is 2.96. The van der Waals surface area contributed by atoms with Gasteiger partial charge in [0, 0.05) is 58.2 Å². The van der Waals surface area contributed by atoms with E-state index in [9.17, 15) is 8.42 Å². The molecule has 8 heteroatoms. The SMILES string of the molecule is O=S(=O)(CCN1CCNCC1)NCCCn1cccn1. The summed E-state index contributed by atoms with van der Waals surface area (Å²) in [5.74, 6) is 0.175. The average molecular weight is 301 g/mol. The molecule has 20 heavy (non-hydrogen) atoms. The van der Waals surface area contributed by atoms with Crippen LogP contribution in [0.5, 0.6) is 0 Å². The third-order valence-corrected chi connectivity index (χ3v) is 4.69. The number of rotatable bonds is 8. The van der Waals surface area contributed by atoms with Crippen molar-refractivity contribution >= 4 is 10.0 Å². The standard InChI is InChI=1S/C12H23N5O2S/c18-20(19,12-11-16-9-5-13-6-10-16)15-4-2-8-17-7-1-3-14-17/h1,3,7,13,15H,2,4-6,8-12H2. The number of hydrogen-bond acceptors (Lipinski definition) is 5. The largest absolute Gasteiger partial charge is 0.314 e. The minimum Gasteiger partial charge on any atom is -0.314 e. The van der Waals surface area contributed by atoms with Crippen LogP contribution in [0.25, 0.3) is 0 Å². The Labute approximate surface area is 120 Å². The van der Waals surface area contributed by atoms with Crippen molar-refractivity contribution in [1.82, 2.24) is 24.7 Å². The van der Waals surface area contributed by atoms with E-state index >= 15 is 0 Å². The number of nitrogens with zero attached hydrogens (tertiary/aromatic N) is 3. The molecule has 1 aromatic rings. The Balaban J connectivity index is 1.60. The summed E-state index contributed by atoms with van der Waals surface area (Å²) in [6, 6.07) is 1.86. The first-order valence-electron chi connectivity index (χ1n) is 7.03. The number of nitrogens with one attached hydrogen (secondary N) is 2. The molecule has 2 rings (SSSR count). The zero-order valence-electron chi connectivity index (χ0n) is 11.7. The first-order valence-corrected chi connectivity index (χ1v) is 8.69. The van der Waals surface area contributed by atoms with E-state index in [2.05, 4.69) is 20.0 Å². The lowest BCUT2D eigenvalue weighted by atomic mass is 10.4. The van der Waals surface area contributed by atoms with E-state index in [-0.39, 0.29) is 5.75 Å². The molecule has 114 valence electrons. The molecule has 1 aliphatic heterocycles. The normalized spacial score (nSPS) is 17.4. The van der Waals surface area contributed by atoms with Crippen LogP contribution in [0.3, 0.4) is 0 Å². The molecule has 0 aliphatic carbocycles. The van der Waals surface area contributed by atoms with E-state index in [0.717, 1.165) is 39.1 Å². The van der Waals surface area contributed by atoms with Crippen molar-refractivity contribution in [2.24, 2.45) is 0 Å². The first kappa shape index (κ1) is 15.4. The van der Waals surface area contributed by atoms with E-state index in [0.29, 0.717) is 13.1 Å². The molecule has 0 bridgehead atoms. The van der Waals surface area contributed by atoms with Gasteiger partial charge < -0.3 is 5.32 Å². The Kier molecular flexibility index (Phi) is 5.96. The van der Waals surface area contributed by atoms with Gasteiger partial charge in [0.1, 0.15) is 0 Å². The van der Waals surface area contributed by atoms with Crippen molar-refractivity contribution in [3.63, 3.8) is 0 Å². The molecule has 0 aromatic carbocycles. The van der Waals surface area contributed by atoms with Gasteiger partial charge in [0.05, 0.1) is 5.75 Å². The zero-order valence-corrected chi connectivity index (χ0v) is 12.5. The van der Waals surface area contributed by atoms with E-state index in [1.165, 1.54) is 0 Å². The highest BCUT2D eigenvalue weighted by Crippen LogP contribution is 1.95. The predicted molar refractivity (Wildman–Crippen MR) is 77.9 cm³/mol. The van der Waals surface area contributed by atoms with E-state index in [4.69, 9.17) is 0 Å². The number of aryl methyl sites for hydroxylation is 1. The third-order valence-electron chi connectivity index (χ3n) is 3.33. The topological polar surface area (TPSA) is 79.3 Å². The van der Waals surface area contributed by atoms with Gasteiger partial charge in [-0.1, -0.05) is 0 Å². The molecule has 0 radical (unpaired) electrons. The van der Waals surface area contributed by atoms with Gasteiger partial charge >= 0.3 is 0 Å². The Hall–Kier alpha value is -0.960. The summed E-state index contributed by atoms with van der Waals surface area (Å²) in [5, 5.41) is 7.33. The van der Waals surface area contributed by atoms with Crippen LogP contribution >= 0.6 is 0 Å². The van der Waals surface area contributed by atoms with E-state index in [1.54, 1.807) is 10.9 Å². The van der Waals surface area contributed by atoms with Gasteiger partial charge in [0.2, 0.25) is 10.0 Å². The molecule has 7 nitrogen and oxygen atoms in total. The van der Waals surface area contributed by atoms with Crippen LogP contribution in [0.2, 0.25) is 0 Å². The van der Waals surface area contributed by atoms with Crippen molar-refractivity contribution < 1.29 is 8.42 Å². The number of aromatic nitrogens is 2. The molecule has 0 atom stereocenters. The molecule has 1 aliphatic rings. The lowest BCUT2D eigenvalue weighted by Gasteiger charge is -2.26. The maximum absolute atomic E-state index is 11.9. The number of sulfonamides is 1. The van der Waals surface area contributed by atoms with Crippen molar-refractivity contribution in [3.8, 4) is 0 Å². The second-order valence-electron chi connectivity index (χ2n) is 4.93. The highest BCUT2D eigenvalue weighted by atomic mass is 32.2. The van der Waals surface area contributed by atoms with Crippen molar-refractivity contribution in [2.45, 2.75) is 13.0 Å². The summed E-state index contributed by atoms with van der Waals surface area (Å²) in [6.45, 7) is 5.53. The Bertz CT molecular complexity index is 468. The van der Waals surface area contributed by atoms with Crippen LogP contribution in [0.1, 0.15) is 6.42 Å². The lowest BCUT2D eigenvalue weighted by Crippen LogP contribution is -2.46. The Morgan fingerprint density at radius 1 is 1.25 bits per heavy atom. The molecule has 1 fully saturated rings. The molecular formula is C12H23N5O2S. The fraction of sp³-hybridized carbons (Fsp3) is 0.750. The van der Waals surface area contributed by atoms with Gasteiger partial charge in [-0.2, -0.15) is 5.10 Å². The lowest BCUT2D eigenvalue weighted by molar-refractivity contribution is 0.253. The predicted octanol–water partition coefficient (Wildman–Crippen LogP) is -0.902. The summed E-state index contributed by atoms with van der Waals surface area (Å²) in [6.07, 6.45) is 4.34. The second-order valence-corrected chi connectivity index (χ2v) is 6.85. The number of piperazine rings is 1. The molecule has 0 unspecified atom stereocenters. The van der Waals surface area contributed by atoms with Gasteiger partial charge in [-0.25, -0.2) is 13.1 Å². The summed E-state index contributed by atoms with van der Waals surface area (Å²) in [7, 11) is -3.16. The minimum absolute atomic E-state index is 0.175. The smallest absolute Gasteiger partial charge is 0.212 e. The molecule has 1 saturated heterocycles. The van der Waals surface area contributed by atoms with Crippen LogP contribution in [-0.2, 0) is 16.6 Å². The number of hydrogen-bond donors (Lipinski definition) is 2. The van der Waals surface area contributed by atoms with Gasteiger partial charge in [-0.05, 0) is 12.5 Å². The van der Waals surface area contributed by atoms with Crippen LogP contribution < -0.4 is 10.0 Å². The van der Waals surface area contributed by atoms with Gasteiger partial charge in [-0.15, -0.1) is 0 Å². The maximum Gasteiger partial charge on any atom is 0.212 e. The van der Waals surface area contributed by atoms with Crippen LogP contribution in [0, 0.1) is 0 Å². The highest BCUT2D eigenvalue weighted by molar-refractivity contribution is 7.89. The minimum atomic E-state index is -3.16. The molecule has 2 heterocycles. The summed E-state index contributed by atoms with van der Waals surface area (Å²) >= 11 is 0. The Morgan fingerprint density at radius 3 is 2.75 bits per heavy atom. The fourth-order valence-corrected chi connectivity index (χ4v) is 3.26. The quantitative estimate of drug-likeness (QED) is 0.608. The molecule has 0 amide bonds. The molecule has 0 saturated carbocycles. The van der Waals surface area contributed by atoms with Crippen LogP contribution in [0.15, 0.2) is 18.5 Å². The van der Waals surface area contributed by atoms with Crippen molar-refractivity contribution in [2.75, 3.05) is 45.0 Å². The molecule has 1 aromatic heterocycles. The summed E-state index contributed by atoms with van der Waals surface area (Å²) < 4.78 is 28.2. The molecule has 0 spiro atoms. The first-order chi connectivity index (χ1) is 9.66. The van der Waals surface area contributed by atoms with Crippen LogP contribution in [-0.4, -0.2) is 68.1 Å². The Morgan fingerprint density at radius 2 is 2.05 bits per heavy atom. The van der Waals surface area contributed by atoms with Crippen molar-refractivity contribution in [3.05, 3.63) is 18.5 Å². The molecule has 2 N–H and O–H groups in total. The van der Waals surface area contributed by atoms with Gasteiger partial charge in [0.15, 0.2) is 0 Å². The van der Waals surface area contributed by atoms with Crippen LogP contribution in [0.4, 0.5) is 0 Å². The second kappa shape index (κ2) is 7.72. The van der Waals surface area contributed by atoms with Gasteiger partial charge in [-0.3, -0.25) is 9.58 Å². The van der Waals surface area contributed by atoms with E-state index in [1.807, 2.05) is 12.3 Å². The van der Waals surface area contributed by atoms with Gasteiger partial charge in [0.25, 0.3) is 0 Å². The zero-order chi connectivity index (χ0) is 14.3. The third kappa shape index (κ3) is 5.58. The monoisotopic (exact) mass is 301 g/mol. The van der Waals surface area contributed by atoms with Crippen molar-refractivity contribution in [1.29, 1.82) is 0 Å². The molecular weight excluding hydrogens is 278 g/mol. The fourth-order valence-electron chi connectivity index (χ4n) is 2.16. The maximum atomic E-state index is 11.9. The van der Waals surface area contributed by atoms with E-state index < -0.39 is 10.0 Å².